The molecule has 7 nitrogen and oxygen atoms in total. The van der Waals surface area contributed by atoms with Crippen molar-refractivity contribution in [2.45, 2.75) is 19.9 Å². The zero-order valence-electron chi connectivity index (χ0n) is 10.3. The van der Waals surface area contributed by atoms with E-state index < -0.39 is 0 Å². The highest BCUT2D eigenvalue weighted by molar-refractivity contribution is 9.10. The third-order valence-corrected chi connectivity index (χ3v) is 3.38. The Morgan fingerprint density at radius 2 is 2.21 bits per heavy atom. The van der Waals surface area contributed by atoms with E-state index in [4.69, 9.17) is 5.73 Å². The molecule has 3 aromatic heterocycles. The van der Waals surface area contributed by atoms with Gasteiger partial charge in [-0.05, 0) is 22.4 Å². The van der Waals surface area contributed by atoms with Crippen molar-refractivity contribution in [3.05, 3.63) is 23.2 Å². The second kappa shape index (κ2) is 4.61. The first-order valence-electron chi connectivity index (χ1n) is 5.88. The van der Waals surface area contributed by atoms with Gasteiger partial charge in [-0.1, -0.05) is 6.92 Å². The van der Waals surface area contributed by atoms with Crippen molar-refractivity contribution in [2.24, 2.45) is 0 Å². The SMILES string of the molecule is CCCn1c(-n2ncnc2N)nc2cncc(Br)c21. The van der Waals surface area contributed by atoms with Crippen LogP contribution in [0.1, 0.15) is 13.3 Å². The summed E-state index contributed by atoms with van der Waals surface area (Å²) in [6.45, 7) is 2.92. The molecule has 0 fully saturated rings. The fraction of sp³-hybridized carbons (Fsp3) is 0.273. The highest BCUT2D eigenvalue weighted by Gasteiger charge is 2.16. The number of anilines is 1. The number of nitrogens with zero attached hydrogens (tertiary/aromatic N) is 6. The van der Waals surface area contributed by atoms with Gasteiger partial charge in [0.2, 0.25) is 11.9 Å². The molecule has 2 N–H and O–H groups in total. The second-order valence-corrected chi connectivity index (χ2v) is 4.94. The van der Waals surface area contributed by atoms with Crippen LogP contribution < -0.4 is 5.73 Å². The molecule has 0 saturated heterocycles. The summed E-state index contributed by atoms with van der Waals surface area (Å²) in [5, 5.41) is 4.12. The van der Waals surface area contributed by atoms with E-state index >= 15 is 0 Å². The van der Waals surface area contributed by atoms with Gasteiger partial charge in [0.25, 0.3) is 0 Å². The van der Waals surface area contributed by atoms with Crippen LogP contribution >= 0.6 is 15.9 Å². The molecule has 0 saturated carbocycles. The molecule has 0 aliphatic heterocycles. The predicted octanol–water partition coefficient (Wildman–Crippen LogP) is 1.77. The van der Waals surface area contributed by atoms with E-state index in [2.05, 4.69) is 47.5 Å². The lowest BCUT2D eigenvalue weighted by Crippen LogP contribution is -2.11. The first-order chi connectivity index (χ1) is 9.22. The minimum Gasteiger partial charge on any atom is -0.368 e. The van der Waals surface area contributed by atoms with Gasteiger partial charge in [0.1, 0.15) is 11.8 Å². The average Bonchev–Trinajstić information content (AvgIpc) is 2.95. The summed E-state index contributed by atoms with van der Waals surface area (Å²) in [5.41, 5.74) is 7.59. The number of fused-ring (bicyclic) bond motifs is 1. The number of aryl methyl sites for hydroxylation is 1. The van der Waals surface area contributed by atoms with Gasteiger partial charge in [-0.2, -0.15) is 14.8 Å². The molecule has 3 heterocycles. The predicted molar refractivity (Wildman–Crippen MR) is 74.8 cm³/mol. The van der Waals surface area contributed by atoms with Gasteiger partial charge in [-0.25, -0.2) is 4.98 Å². The number of imidazole rings is 1. The summed E-state index contributed by atoms with van der Waals surface area (Å²) in [6, 6.07) is 0. The van der Waals surface area contributed by atoms with Crippen molar-refractivity contribution >= 4 is 32.9 Å². The van der Waals surface area contributed by atoms with Crippen LogP contribution in [0.15, 0.2) is 23.2 Å². The molecule has 3 aromatic rings. The topological polar surface area (TPSA) is 87.4 Å². The summed E-state index contributed by atoms with van der Waals surface area (Å²) in [6.07, 6.45) is 5.87. The Hall–Kier alpha value is -1.96. The largest absolute Gasteiger partial charge is 0.368 e. The summed E-state index contributed by atoms with van der Waals surface area (Å²) in [4.78, 5) is 12.6. The van der Waals surface area contributed by atoms with Gasteiger partial charge >= 0.3 is 0 Å². The van der Waals surface area contributed by atoms with Crippen molar-refractivity contribution < 1.29 is 0 Å². The van der Waals surface area contributed by atoms with Crippen LogP contribution in [0.3, 0.4) is 0 Å². The molecule has 0 aliphatic carbocycles. The van der Waals surface area contributed by atoms with Crippen molar-refractivity contribution in [3.63, 3.8) is 0 Å². The first-order valence-corrected chi connectivity index (χ1v) is 6.67. The van der Waals surface area contributed by atoms with E-state index in [-0.39, 0.29) is 0 Å². The lowest BCUT2D eigenvalue weighted by molar-refractivity contribution is 0.653. The fourth-order valence-corrected chi connectivity index (χ4v) is 2.57. The number of hydrogen-bond acceptors (Lipinski definition) is 5. The molecule has 98 valence electrons. The minimum atomic E-state index is 0.316. The van der Waals surface area contributed by atoms with Gasteiger partial charge in [0, 0.05) is 12.7 Å². The van der Waals surface area contributed by atoms with Crippen molar-refractivity contribution in [1.29, 1.82) is 0 Å². The number of aromatic nitrogens is 6. The summed E-state index contributed by atoms with van der Waals surface area (Å²) < 4.78 is 4.49. The van der Waals surface area contributed by atoms with Gasteiger partial charge in [0.15, 0.2) is 0 Å². The molecular formula is C11H12BrN7. The summed E-state index contributed by atoms with van der Waals surface area (Å²) >= 11 is 3.51. The van der Waals surface area contributed by atoms with Crippen LogP contribution in [0.25, 0.3) is 17.0 Å². The van der Waals surface area contributed by atoms with Crippen LogP contribution in [-0.2, 0) is 6.54 Å². The van der Waals surface area contributed by atoms with E-state index in [1.165, 1.54) is 11.0 Å². The number of hydrogen-bond donors (Lipinski definition) is 1. The lowest BCUT2D eigenvalue weighted by atomic mass is 10.4. The van der Waals surface area contributed by atoms with Crippen molar-refractivity contribution in [3.8, 4) is 5.95 Å². The molecule has 0 amide bonds. The molecule has 19 heavy (non-hydrogen) atoms. The molecule has 0 spiro atoms. The summed E-state index contributed by atoms with van der Waals surface area (Å²) in [5.74, 6) is 0.970. The maximum Gasteiger partial charge on any atom is 0.235 e. The number of rotatable bonds is 3. The molecule has 0 aromatic carbocycles. The molecule has 3 rings (SSSR count). The molecule has 0 unspecified atom stereocenters. The Bertz CT molecular complexity index is 730. The second-order valence-electron chi connectivity index (χ2n) is 4.08. The van der Waals surface area contributed by atoms with E-state index in [0.717, 1.165) is 28.5 Å². The third-order valence-electron chi connectivity index (χ3n) is 2.80. The quantitative estimate of drug-likeness (QED) is 0.794. The molecule has 0 bridgehead atoms. The highest BCUT2D eigenvalue weighted by Crippen LogP contribution is 2.26. The number of halogens is 1. The smallest absolute Gasteiger partial charge is 0.235 e. The number of nitrogen functional groups attached to an aromatic ring is 1. The summed E-state index contributed by atoms with van der Waals surface area (Å²) in [7, 11) is 0. The maximum atomic E-state index is 5.81. The zero-order chi connectivity index (χ0) is 13.4. The zero-order valence-corrected chi connectivity index (χ0v) is 11.9. The van der Waals surface area contributed by atoms with E-state index in [1.54, 1.807) is 12.4 Å². The van der Waals surface area contributed by atoms with Crippen molar-refractivity contribution in [1.82, 2.24) is 29.3 Å². The number of nitrogens with two attached hydrogens (primary N) is 1. The fourth-order valence-electron chi connectivity index (χ4n) is 2.04. The Labute approximate surface area is 117 Å². The molecule has 0 atom stereocenters. The highest BCUT2D eigenvalue weighted by atomic mass is 79.9. The third kappa shape index (κ3) is 1.88. The average molecular weight is 322 g/mol. The van der Waals surface area contributed by atoms with Gasteiger partial charge in [-0.15, -0.1) is 0 Å². The first kappa shape index (κ1) is 12.1. The monoisotopic (exact) mass is 321 g/mol. The molecule has 0 aliphatic rings. The van der Waals surface area contributed by atoms with Crippen LogP contribution in [0.5, 0.6) is 0 Å². The van der Waals surface area contributed by atoms with Crippen LogP contribution in [-0.4, -0.2) is 29.3 Å². The van der Waals surface area contributed by atoms with Gasteiger partial charge < -0.3 is 10.3 Å². The molecular weight excluding hydrogens is 310 g/mol. The van der Waals surface area contributed by atoms with Crippen molar-refractivity contribution in [2.75, 3.05) is 5.73 Å². The van der Waals surface area contributed by atoms with Gasteiger partial charge in [0.05, 0.1) is 16.2 Å². The normalized spacial score (nSPS) is 11.3. The van der Waals surface area contributed by atoms with Crippen LogP contribution in [0.2, 0.25) is 0 Å². The van der Waals surface area contributed by atoms with E-state index in [1.807, 2.05) is 0 Å². The minimum absolute atomic E-state index is 0.316. The molecule has 0 radical (unpaired) electrons. The van der Waals surface area contributed by atoms with Crippen LogP contribution in [0, 0.1) is 0 Å². The van der Waals surface area contributed by atoms with E-state index in [9.17, 15) is 0 Å². The van der Waals surface area contributed by atoms with Crippen LogP contribution in [0.4, 0.5) is 5.95 Å². The Morgan fingerprint density at radius 3 is 2.89 bits per heavy atom. The number of pyridine rings is 1. The lowest BCUT2D eigenvalue weighted by Gasteiger charge is -2.08. The van der Waals surface area contributed by atoms with E-state index in [0.29, 0.717) is 11.9 Å². The Kier molecular flexibility index (Phi) is 2.94. The Morgan fingerprint density at radius 1 is 1.37 bits per heavy atom. The standard InChI is InChI=1S/C11H12BrN7/c1-2-3-18-9-7(12)4-14-5-8(9)17-11(18)19-10(13)15-6-16-19/h4-6H,2-3H2,1H3,(H2,13,15,16). The maximum absolute atomic E-state index is 5.81. The Balaban J connectivity index is 2.33. The molecule has 8 heteroatoms. The van der Waals surface area contributed by atoms with Gasteiger partial charge in [-0.3, -0.25) is 4.98 Å².